The van der Waals surface area contributed by atoms with Crippen LogP contribution < -0.4 is 21.1 Å². The number of amides is 4. The van der Waals surface area contributed by atoms with E-state index in [9.17, 15) is 23.6 Å². The van der Waals surface area contributed by atoms with Gasteiger partial charge in [0, 0.05) is 85.7 Å². The quantitative estimate of drug-likeness (QED) is 0.0558. The fourth-order valence-electron chi connectivity index (χ4n) is 8.99. The van der Waals surface area contributed by atoms with Crippen molar-refractivity contribution in [1.29, 1.82) is 0 Å². The van der Waals surface area contributed by atoms with Crippen molar-refractivity contribution in [2.45, 2.75) is 76.3 Å². The number of benzene rings is 2. The molecule has 14 nitrogen and oxygen atoms in total. The highest BCUT2D eigenvalue weighted by atomic mass is 35.5. The number of aromatic nitrogens is 3. The summed E-state index contributed by atoms with van der Waals surface area (Å²) in [4.78, 5) is 60.9. The molecular weight excluding hydrogens is 836 g/mol. The van der Waals surface area contributed by atoms with Crippen molar-refractivity contribution in [3.8, 4) is 16.9 Å². The van der Waals surface area contributed by atoms with E-state index in [4.69, 9.17) is 38.8 Å². The second kappa shape index (κ2) is 19.5. The Labute approximate surface area is 370 Å². The van der Waals surface area contributed by atoms with E-state index in [-0.39, 0.29) is 30.3 Å². The van der Waals surface area contributed by atoms with Crippen LogP contribution in [0.15, 0.2) is 55.0 Å². The first-order valence-electron chi connectivity index (χ1n) is 21.6. The third kappa shape index (κ3) is 9.75. The molecule has 2 aromatic carbocycles. The smallest absolute Gasteiger partial charge is 0.264 e. The number of fused-ring (bicyclic) bond motifs is 1. The minimum atomic E-state index is -0.974. The number of nitrogen functional groups attached to an aromatic ring is 1. The lowest BCUT2D eigenvalue weighted by Crippen LogP contribution is -2.54. The molecule has 4 aromatic rings. The summed E-state index contributed by atoms with van der Waals surface area (Å²) in [5, 5.41) is 10.7. The van der Waals surface area contributed by atoms with Gasteiger partial charge in [-0.1, -0.05) is 48.5 Å². The fraction of sp³-hybridized carbons (Fsp3) is 0.467. The van der Waals surface area contributed by atoms with Crippen molar-refractivity contribution in [2.24, 2.45) is 5.92 Å². The Hall–Kier alpha value is -5.09. The zero-order valence-electron chi connectivity index (χ0n) is 34.6. The predicted molar refractivity (Wildman–Crippen MR) is 235 cm³/mol. The number of pyridine rings is 1. The molecule has 3 fully saturated rings. The van der Waals surface area contributed by atoms with E-state index < -0.39 is 35.5 Å². The minimum absolute atomic E-state index is 0.00546. The van der Waals surface area contributed by atoms with Crippen LogP contribution in [0.1, 0.15) is 90.1 Å². The molecule has 0 bridgehead atoms. The first-order chi connectivity index (χ1) is 30.0. The van der Waals surface area contributed by atoms with Crippen molar-refractivity contribution in [3.63, 3.8) is 0 Å². The zero-order valence-corrected chi connectivity index (χ0v) is 36.1. The summed E-state index contributed by atoms with van der Waals surface area (Å²) in [5.74, 6) is -1.36. The van der Waals surface area contributed by atoms with Crippen LogP contribution in [0.3, 0.4) is 0 Å². The van der Waals surface area contributed by atoms with Gasteiger partial charge in [-0.15, -0.1) is 0 Å². The van der Waals surface area contributed by atoms with Gasteiger partial charge < -0.3 is 25.6 Å². The van der Waals surface area contributed by atoms with Crippen LogP contribution in [0.2, 0.25) is 10.0 Å². The summed E-state index contributed by atoms with van der Waals surface area (Å²) in [6, 6.07) is 9.10. The third-order valence-corrected chi connectivity index (χ3v) is 13.3. The van der Waals surface area contributed by atoms with Crippen molar-refractivity contribution in [3.05, 3.63) is 87.5 Å². The molecule has 0 saturated carbocycles. The molecule has 328 valence electrons. The average Bonchev–Trinajstić information content (AvgIpc) is 3.84. The molecule has 1 atom stereocenters. The number of ether oxygens (including phenoxy) is 1. The minimum Gasteiger partial charge on any atom is -0.489 e. The van der Waals surface area contributed by atoms with Crippen LogP contribution in [0.4, 0.5) is 15.9 Å². The number of hydrogen-bond acceptors (Lipinski definition) is 11. The number of carbonyl (C=O) groups excluding carboxylic acids is 4. The Morgan fingerprint density at radius 1 is 0.903 bits per heavy atom. The van der Waals surface area contributed by atoms with E-state index in [0.29, 0.717) is 58.1 Å². The second-order valence-electron chi connectivity index (χ2n) is 16.8. The summed E-state index contributed by atoms with van der Waals surface area (Å²) < 4.78 is 21.9. The number of imide groups is 2. The molecule has 4 amide bonds. The standard InChI is InChI=1S/C45H52Cl2FN9O5/c46-34-9-10-35(48)41(47)32(34)15-20-62-38-21-29(23-51-42(38)49)30-24-52-56(27-30)31-13-18-54(19-14-31)16-4-2-1-3-5-17-55-25-28(26-55)22-50-36-8-6-7-33-40(36)45(61)57(44(33)60)37-11-12-39(58)53-43(37)59/h6-10,21,23-24,27-28,31,37,50H,1-5,11-20,22,25-26H2,(H2,49,51)(H,53,58,59)/t37-/m1/s1. The van der Waals surface area contributed by atoms with Crippen LogP contribution >= 0.6 is 23.2 Å². The van der Waals surface area contributed by atoms with E-state index >= 15 is 0 Å². The average molecular weight is 889 g/mol. The van der Waals surface area contributed by atoms with Gasteiger partial charge in [0.25, 0.3) is 11.8 Å². The first kappa shape index (κ1) is 43.6. The molecule has 6 heterocycles. The third-order valence-electron chi connectivity index (χ3n) is 12.5. The van der Waals surface area contributed by atoms with Gasteiger partial charge in [0.1, 0.15) is 11.9 Å². The molecule has 17 heteroatoms. The van der Waals surface area contributed by atoms with Crippen molar-refractivity contribution in [2.75, 3.05) is 63.5 Å². The van der Waals surface area contributed by atoms with Crippen LogP contribution in [0, 0.1) is 11.7 Å². The van der Waals surface area contributed by atoms with Gasteiger partial charge >= 0.3 is 0 Å². The second-order valence-corrected chi connectivity index (χ2v) is 17.5. The molecule has 0 aliphatic carbocycles. The number of halogens is 3. The highest BCUT2D eigenvalue weighted by Gasteiger charge is 2.45. The number of hydrogen-bond donors (Lipinski definition) is 3. The highest BCUT2D eigenvalue weighted by Crippen LogP contribution is 2.34. The van der Waals surface area contributed by atoms with Gasteiger partial charge in [0.15, 0.2) is 11.6 Å². The number of nitrogens with zero attached hydrogens (tertiary/aromatic N) is 6. The van der Waals surface area contributed by atoms with Gasteiger partial charge in [-0.25, -0.2) is 9.37 Å². The van der Waals surface area contributed by atoms with Gasteiger partial charge in [-0.2, -0.15) is 5.10 Å². The van der Waals surface area contributed by atoms with Gasteiger partial charge in [0.05, 0.1) is 35.0 Å². The predicted octanol–water partition coefficient (Wildman–Crippen LogP) is 6.63. The SMILES string of the molecule is Nc1ncc(-c2cnn(C3CCN(CCCCCCCN4CC(CNc5cccc6c5C(=O)N([C@@H]5CCC(=O)NC5=O)C6=O)C4)CC3)c2)cc1OCCc1c(Cl)ccc(F)c1Cl. The van der Waals surface area contributed by atoms with E-state index in [2.05, 4.69) is 36.3 Å². The topological polar surface area (TPSA) is 168 Å². The Balaban J connectivity index is 0.683. The monoisotopic (exact) mass is 887 g/mol. The molecule has 4 N–H and O–H groups in total. The van der Waals surface area contributed by atoms with E-state index in [0.717, 1.165) is 68.1 Å². The molecule has 3 saturated heterocycles. The van der Waals surface area contributed by atoms with Crippen molar-refractivity contribution < 1.29 is 28.3 Å². The van der Waals surface area contributed by atoms with Gasteiger partial charge in [0.2, 0.25) is 11.8 Å². The lowest BCUT2D eigenvalue weighted by molar-refractivity contribution is -0.136. The van der Waals surface area contributed by atoms with Gasteiger partial charge in [-0.05, 0) is 81.1 Å². The van der Waals surface area contributed by atoms with Crippen molar-refractivity contribution >= 4 is 58.3 Å². The number of nitrogens with one attached hydrogen (secondary N) is 2. The summed E-state index contributed by atoms with van der Waals surface area (Å²) >= 11 is 12.3. The van der Waals surface area contributed by atoms with Crippen LogP contribution in [0.25, 0.3) is 11.1 Å². The lowest BCUT2D eigenvalue weighted by Gasteiger charge is -2.39. The largest absolute Gasteiger partial charge is 0.489 e. The number of anilines is 2. The van der Waals surface area contributed by atoms with E-state index in [1.54, 1.807) is 24.4 Å². The van der Waals surface area contributed by atoms with Crippen LogP contribution in [-0.4, -0.2) is 112 Å². The van der Waals surface area contributed by atoms with E-state index in [1.807, 2.05) is 12.3 Å². The molecule has 4 aliphatic rings. The molecular formula is C45H52Cl2FN9O5. The summed E-state index contributed by atoms with van der Waals surface area (Å²) in [5.41, 5.74) is 9.57. The first-order valence-corrected chi connectivity index (χ1v) is 22.4. The van der Waals surface area contributed by atoms with E-state index in [1.165, 1.54) is 44.2 Å². The molecule has 2 aromatic heterocycles. The molecule has 0 radical (unpaired) electrons. The number of rotatable bonds is 18. The zero-order chi connectivity index (χ0) is 43.3. The molecule has 0 unspecified atom stereocenters. The Morgan fingerprint density at radius 2 is 1.66 bits per heavy atom. The Bertz CT molecular complexity index is 2310. The maximum Gasteiger partial charge on any atom is 0.264 e. The summed E-state index contributed by atoms with van der Waals surface area (Å²) in [6.07, 6.45) is 14.3. The number of piperidine rings is 2. The maximum absolute atomic E-state index is 13.9. The van der Waals surface area contributed by atoms with Gasteiger partial charge in [-0.3, -0.25) is 34.1 Å². The van der Waals surface area contributed by atoms with Crippen molar-refractivity contribution in [1.82, 2.24) is 34.8 Å². The summed E-state index contributed by atoms with van der Waals surface area (Å²) in [7, 11) is 0. The number of likely N-dealkylation sites (tertiary alicyclic amines) is 2. The Morgan fingerprint density at radius 3 is 2.44 bits per heavy atom. The molecule has 8 rings (SSSR count). The number of carbonyl (C=O) groups is 4. The lowest BCUT2D eigenvalue weighted by atomic mass is 9.98. The molecule has 0 spiro atoms. The fourth-order valence-corrected chi connectivity index (χ4v) is 9.55. The van der Waals surface area contributed by atoms with Crippen LogP contribution in [-0.2, 0) is 16.0 Å². The number of unbranched alkanes of at least 4 members (excludes halogenated alkanes) is 4. The molecule has 4 aliphatic heterocycles. The maximum atomic E-state index is 13.9. The number of nitrogens with two attached hydrogens (primary N) is 1. The summed E-state index contributed by atoms with van der Waals surface area (Å²) in [6.45, 7) is 7.19. The normalized spacial score (nSPS) is 18.9. The van der Waals surface area contributed by atoms with Crippen LogP contribution in [0.5, 0.6) is 5.75 Å². The highest BCUT2D eigenvalue weighted by molar-refractivity contribution is 6.36. The Kier molecular flexibility index (Phi) is 13.7. The molecule has 62 heavy (non-hydrogen) atoms.